The van der Waals surface area contributed by atoms with Crippen LogP contribution in [0.3, 0.4) is 0 Å². The maximum Gasteiger partial charge on any atom is 0.170 e. The zero-order chi connectivity index (χ0) is 14.0. The molecule has 0 saturated carbocycles. The van der Waals surface area contributed by atoms with E-state index < -0.39 is 23.2 Å². The molecule has 0 spiro atoms. The Kier molecular flexibility index (Phi) is 4.04. The summed E-state index contributed by atoms with van der Waals surface area (Å²) < 4.78 is 40.2. The van der Waals surface area contributed by atoms with Crippen LogP contribution in [0.15, 0.2) is 40.9 Å². The lowest BCUT2D eigenvalue weighted by molar-refractivity contribution is 0.0988. The predicted octanol–water partition coefficient (Wildman–Crippen LogP) is 4.29. The SMILES string of the molecule is O=C(Cc1ccc(F)cc1F)c1ccc(Br)cc1F. The van der Waals surface area contributed by atoms with E-state index in [0.717, 1.165) is 12.1 Å². The van der Waals surface area contributed by atoms with E-state index in [0.29, 0.717) is 10.5 Å². The van der Waals surface area contributed by atoms with Crippen LogP contribution in [0, 0.1) is 17.5 Å². The van der Waals surface area contributed by atoms with Crippen molar-refractivity contribution in [2.24, 2.45) is 0 Å². The maximum atomic E-state index is 13.6. The highest BCUT2D eigenvalue weighted by atomic mass is 79.9. The molecule has 19 heavy (non-hydrogen) atoms. The number of carbonyl (C=O) groups is 1. The average Bonchev–Trinajstić information content (AvgIpc) is 2.32. The number of Topliss-reactive ketones (excluding diaryl/α,β-unsaturated/α-hetero) is 1. The second kappa shape index (κ2) is 5.57. The summed E-state index contributed by atoms with van der Waals surface area (Å²) in [7, 11) is 0. The Bertz CT molecular complexity index is 641. The highest BCUT2D eigenvalue weighted by Crippen LogP contribution is 2.18. The molecule has 2 aromatic carbocycles. The van der Waals surface area contributed by atoms with Crippen molar-refractivity contribution in [1.82, 2.24) is 0 Å². The minimum absolute atomic E-state index is 0.0359. The first-order valence-corrected chi connectivity index (χ1v) is 6.19. The van der Waals surface area contributed by atoms with Crippen molar-refractivity contribution in [2.45, 2.75) is 6.42 Å². The third-order valence-electron chi connectivity index (χ3n) is 2.60. The van der Waals surface area contributed by atoms with Crippen molar-refractivity contribution >= 4 is 21.7 Å². The molecule has 0 saturated heterocycles. The highest BCUT2D eigenvalue weighted by Gasteiger charge is 2.15. The molecule has 0 unspecified atom stereocenters. The van der Waals surface area contributed by atoms with Crippen LogP contribution in [-0.2, 0) is 6.42 Å². The predicted molar refractivity (Wildman–Crippen MR) is 68.5 cm³/mol. The first kappa shape index (κ1) is 13.8. The Morgan fingerprint density at radius 1 is 1.00 bits per heavy atom. The Labute approximate surface area is 116 Å². The fraction of sp³-hybridized carbons (Fsp3) is 0.0714. The molecule has 0 atom stereocenters. The van der Waals surface area contributed by atoms with Gasteiger partial charge in [-0.3, -0.25) is 4.79 Å². The van der Waals surface area contributed by atoms with Crippen LogP contribution in [0.1, 0.15) is 15.9 Å². The molecule has 2 aromatic rings. The van der Waals surface area contributed by atoms with E-state index in [4.69, 9.17) is 0 Å². The topological polar surface area (TPSA) is 17.1 Å². The molecule has 0 aromatic heterocycles. The normalized spacial score (nSPS) is 10.5. The van der Waals surface area contributed by atoms with E-state index in [2.05, 4.69) is 15.9 Å². The molecular weight excluding hydrogens is 321 g/mol. The van der Waals surface area contributed by atoms with Gasteiger partial charge in [-0.15, -0.1) is 0 Å². The minimum atomic E-state index is -0.814. The van der Waals surface area contributed by atoms with Crippen molar-refractivity contribution < 1.29 is 18.0 Å². The van der Waals surface area contributed by atoms with Crippen LogP contribution in [-0.4, -0.2) is 5.78 Å². The summed E-state index contributed by atoms with van der Waals surface area (Å²) in [4.78, 5) is 11.9. The molecule has 0 aliphatic carbocycles. The van der Waals surface area contributed by atoms with Gasteiger partial charge < -0.3 is 0 Å². The van der Waals surface area contributed by atoms with Gasteiger partial charge in [0, 0.05) is 17.0 Å². The third-order valence-corrected chi connectivity index (χ3v) is 3.09. The maximum absolute atomic E-state index is 13.6. The molecule has 0 bridgehead atoms. The van der Waals surface area contributed by atoms with Crippen molar-refractivity contribution in [2.75, 3.05) is 0 Å². The molecular formula is C14H8BrF3O. The second-order valence-corrected chi connectivity index (χ2v) is 4.88. The first-order valence-electron chi connectivity index (χ1n) is 5.39. The largest absolute Gasteiger partial charge is 0.294 e. The molecule has 0 radical (unpaired) electrons. The lowest BCUT2D eigenvalue weighted by atomic mass is 10.0. The van der Waals surface area contributed by atoms with Crippen LogP contribution in [0.25, 0.3) is 0 Å². The van der Waals surface area contributed by atoms with E-state index in [1.54, 1.807) is 0 Å². The number of halogens is 4. The van der Waals surface area contributed by atoms with E-state index in [9.17, 15) is 18.0 Å². The molecule has 98 valence electrons. The molecule has 5 heteroatoms. The number of carbonyl (C=O) groups excluding carboxylic acids is 1. The third kappa shape index (κ3) is 3.23. The van der Waals surface area contributed by atoms with Crippen molar-refractivity contribution in [3.8, 4) is 0 Å². The van der Waals surface area contributed by atoms with E-state index >= 15 is 0 Å². The van der Waals surface area contributed by atoms with Crippen LogP contribution in [0.2, 0.25) is 0 Å². The van der Waals surface area contributed by atoms with Gasteiger partial charge in [-0.1, -0.05) is 22.0 Å². The quantitative estimate of drug-likeness (QED) is 0.768. The smallest absolute Gasteiger partial charge is 0.170 e. The fourth-order valence-corrected chi connectivity index (χ4v) is 1.98. The van der Waals surface area contributed by atoms with Gasteiger partial charge >= 0.3 is 0 Å². The molecule has 0 heterocycles. The lowest BCUT2D eigenvalue weighted by Gasteiger charge is -2.05. The van der Waals surface area contributed by atoms with Gasteiger partial charge in [0.05, 0.1) is 5.56 Å². The number of ketones is 1. The van der Waals surface area contributed by atoms with Gasteiger partial charge in [0.2, 0.25) is 0 Å². The van der Waals surface area contributed by atoms with Crippen LogP contribution < -0.4 is 0 Å². The number of rotatable bonds is 3. The van der Waals surface area contributed by atoms with Crippen molar-refractivity contribution in [1.29, 1.82) is 0 Å². The summed E-state index contributed by atoms with van der Waals surface area (Å²) in [6, 6.07) is 6.94. The summed E-state index contributed by atoms with van der Waals surface area (Å²) in [5, 5.41) is 0. The zero-order valence-corrected chi connectivity index (χ0v) is 11.2. The Balaban J connectivity index is 2.25. The average molecular weight is 329 g/mol. The second-order valence-electron chi connectivity index (χ2n) is 3.96. The standard InChI is InChI=1S/C14H8BrF3O/c15-9-2-4-11(13(18)6-9)14(19)5-8-1-3-10(16)7-12(8)17/h1-4,6-7H,5H2. The monoisotopic (exact) mass is 328 g/mol. The van der Waals surface area contributed by atoms with E-state index in [1.165, 1.54) is 18.2 Å². The molecule has 2 rings (SSSR count). The summed E-state index contributed by atoms with van der Waals surface area (Å²) in [6.45, 7) is 0. The summed E-state index contributed by atoms with van der Waals surface area (Å²) >= 11 is 3.08. The Morgan fingerprint density at radius 3 is 2.37 bits per heavy atom. The number of hydrogen-bond donors (Lipinski definition) is 0. The molecule has 0 aliphatic heterocycles. The highest BCUT2D eigenvalue weighted by molar-refractivity contribution is 9.10. The van der Waals surface area contributed by atoms with E-state index in [1.807, 2.05) is 0 Å². The van der Waals surface area contributed by atoms with Gasteiger partial charge in [0.1, 0.15) is 17.5 Å². The molecule has 0 aliphatic rings. The van der Waals surface area contributed by atoms with Gasteiger partial charge in [-0.05, 0) is 29.8 Å². The van der Waals surface area contributed by atoms with Crippen molar-refractivity contribution in [3.63, 3.8) is 0 Å². The van der Waals surface area contributed by atoms with Gasteiger partial charge in [-0.2, -0.15) is 0 Å². The Hall–Kier alpha value is -1.62. The van der Waals surface area contributed by atoms with Gasteiger partial charge in [0.25, 0.3) is 0 Å². The summed E-state index contributed by atoms with van der Waals surface area (Å²) in [5.74, 6) is -2.77. The molecule has 1 nitrogen and oxygen atoms in total. The van der Waals surface area contributed by atoms with Crippen LogP contribution in [0.5, 0.6) is 0 Å². The van der Waals surface area contributed by atoms with Gasteiger partial charge in [0.15, 0.2) is 5.78 Å². The Morgan fingerprint density at radius 2 is 1.74 bits per heavy atom. The number of hydrogen-bond acceptors (Lipinski definition) is 1. The summed E-state index contributed by atoms with van der Waals surface area (Å²) in [5.41, 5.74) is -0.0827. The molecule has 0 N–H and O–H groups in total. The molecule has 0 amide bonds. The van der Waals surface area contributed by atoms with Crippen LogP contribution >= 0.6 is 15.9 Å². The lowest BCUT2D eigenvalue weighted by Crippen LogP contribution is -2.07. The number of benzene rings is 2. The van der Waals surface area contributed by atoms with Crippen molar-refractivity contribution in [3.05, 3.63) is 69.4 Å². The summed E-state index contributed by atoms with van der Waals surface area (Å²) in [6.07, 6.45) is -0.315. The van der Waals surface area contributed by atoms with Crippen LogP contribution in [0.4, 0.5) is 13.2 Å². The van der Waals surface area contributed by atoms with E-state index in [-0.39, 0.29) is 17.5 Å². The van der Waals surface area contributed by atoms with Gasteiger partial charge in [-0.25, -0.2) is 13.2 Å². The fourth-order valence-electron chi connectivity index (χ4n) is 1.65. The molecule has 0 fully saturated rings. The minimum Gasteiger partial charge on any atom is -0.294 e. The first-order chi connectivity index (χ1) is 8.97. The zero-order valence-electron chi connectivity index (χ0n) is 9.59.